The van der Waals surface area contributed by atoms with Crippen LogP contribution in [0.1, 0.15) is 25.1 Å². The van der Waals surface area contributed by atoms with Crippen molar-refractivity contribution in [2.75, 3.05) is 26.4 Å². The molecule has 18 heavy (non-hydrogen) atoms. The average Bonchev–Trinajstić information content (AvgIpc) is 2.64. The molecule has 1 unspecified atom stereocenters. The Hall–Kier alpha value is -1.01. The number of aliphatic carboxylic acids is 1. The van der Waals surface area contributed by atoms with E-state index in [-0.39, 0.29) is 5.75 Å². The van der Waals surface area contributed by atoms with E-state index >= 15 is 0 Å². The summed E-state index contributed by atoms with van der Waals surface area (Å²) in [5, 5.41) is 9.52. The molecular formula is C12H21N3O2S. The molecule has 5 nitrogen and oxygen atoms in total. The number of aryl methyl sites for hydroxylation is 1. The molecule has 1 N–H and O–H groups in total. The van der Waals surface area contributed by atoms with Gasteiger partial charge in [-0.15, -0.1) is 0 Å². The van der Waals surface area contributed by atoms with Gasteiger partial charge in [-0.3, -0.25) is 4.79 Å². The molecule has 0 saturated heterocycles. The lowest BCUT2D eigenvalue weighted by atomic mass is 10.2. The predicted octanol–water partition coefficient (Wildman–Crippen LogP) is 1.88. The topological polar surface area (TPSA) is 58.4 Å². The lowest BCUT2D eigenvalue weighted by Gasteiger charge is -2.18. The van der Waals surface area contributed by atoms with Crippen molar-refractivity contribution in [2.45, 2.75) is 31.5 Å². The molecule has 6 heteroatoms. The number of aromatic nitrogens is 2. The molecular weight excluding hydrogens is 250 g/mol. The minimum absolute atomic E-state index is 0.0524. The van der Waals surface area contributed by atoms with Crippen LogP contribution in [0.2, 0.25) is 0 Å². The molecule has 1 atom stereocenters. The quantitative estimate of drug-likeness (QED) is 0.767. The van der Waals surface area contributed by atoms with E-state index in [9.17, 15) is 4.79 Å². The number of hydrogen-bond donors (Lipinski definition) is 1. The zero-order valence-corrected chi connectivity index (χ0v) is 12.2. The molecule has 0 aliphatic heterocycles. The van der Waals surface area contributed by atoms with Gasteiger partial charge >= 0.3 is 5.97 Å². The Kier molecular flexibility index (Phi) is 5.68. The fraction of sp³-hybridized carbons (Fsp3) is 0.667. The molecule has 0 fully saturated rings. The van der Waals surface area contributed by atoms with Gasteiger partial charge in [0.25, 0.3) is 0 Å². The van der Waals surface area contributed by atoms with Crippen molar-refractivity contribution in [3.8, 4) is 0 Å². The summed E-state index contributed by atoms with van der Waals surface area (Å²) in [6.45, 7) is 5.07. The van der Waals surface area contributed by atoms with Crippen LogP contribution in [0.3, 0.4) is 0 Å². The highest BCUT2D eigenvalue weighted by atomic mass is 32.2. The summed E-state index contributed by atoms with van der Waals surface area (Å²) in [6, 6.07) is 0.324. The Balaban J connectivity index is 2.70. The van der Waals surface area contributed by atoms with Crippen molar-refractivity contribution < 1.29 is 9.90 Å². The van der Waals surface area contributed by atoms with E-state index < -0.39 is 5.97 Å². The van der Waals surface area contributed by atoms with Gasteiger partial charge in [-0.25, -0.2) is 4.98 Å². The lowest BCUT2D eigenvalue weighted by molar-refractivity contribution is -0.133. The van der Waals surface area contributed by atoms with Crippen LogP contribution < -0.4 is 0 Å². The summed E-state index contributed by atoms with van der Waals surface area (Å²) >= 11 is 1.28. The minimum Gasteiger partial charge on any atom is -0.481 e. The highest BCUT2D eigenvalue weighted by Gasteiger charge is 2.13. The Labute approximate surface area is 112 Å². The largest absolute Gasteiger partial charge is 0.481 e. The summed E-state index contributed by atoms with van der Waals surface area (Å²) in [5.41, 5.74) is 0.930. The highest BCUT2D eigenvalue weighted by molar-refractivity contribution is 7.99. The van der Waals surface area contributed by atoms with Crippen molar-refractivity contribution >= 4 is 17.7 Å². The van der Waals surface area contributed by atoms with E-state index in [4.69, 9.17) is 5.11 Å². The number of carboxylic acids is 1. The Morgan fingerprint density at radius 2 is 2.28 bits per heavy atom. The predicted molar refractivity (Wildman–Crippen MR) is 73.2 cm³/mol. The molecule has 1 aromatic heterocycles. The van der Waals surface area contributed by atoms with Gasteiger partial charge in [-0.1, -0.05) is 11.8 Å². The van der Waals surface area contributed by atoms with E-state index in [1.807, 2.05) is 27.2 Å². The van der Waals surface area contributed by atoms with Crippen molar-refractivity contribution in [1.82, 2.24) is 14.5 Å². The first-order valence-corrected chi connectivity index (χ1v) is 6.93. The third kappa shape index (κ3) is 4.70. The molecule has 0 spiro atoms. The molecule has 0 bridgehead atoms. The zero-order chi connectivity index (χ0) is 13.7. The molecule has 0 saturated carbocycles. The zero-order valence-electron chi connectivity index (χ0n) is 11.4. The van der Waals surface area contributed by atoms with E-state index in [2.05, 4.69) is 21.4 Å². The van der Waals surface area contributed by atoms with Gasteiger partial charge in [-0.05, 0) is 40.9 Å². The van der Waals surface area contributed by atoms with Crippen molar-refractivity contribution in [3.05, 3.63) is 11.9 Å². The van der Waals surface area contributed by atoms with Crippen LogP contribution in [-0.4, -0.2) is 51.9 Å². The summed E-state index contributed by atoms with van der Waals surface area (Å²) < 4.78 is 2.08. The smallest absolute Gasteiger partial charge is 0.313 e. The number of carboxylic acid groups (broad SMARTS) is 1. The first-order valence-electron chi connectivity index (χ1n) is 5.95. The minimum atomic E-state index is -0.812. The SMILES string of the molecule is Cc1cn(C(C)CCN(C)C)c(SCC(=O)O)n1. The molecule has 1 aromatic rings. The number of thioether (sulfide) groups is 1. The number of hydrogen-bond acceptors (Lipinski definition) is 4. The average molecular weight is 271 g/mol. The van der Waals surface area contributed by atoms with Gasteiger partial charge in [0, 0.05) is 12.2 Å². The third-order valence-electron chi connectivity index (χ3n) is 2.61. The second-order valence-electron chi connectivity index (χ2n) is 4.70. The van der Waals surface area contributed by atoms with Gasteiger partial charge in [0.2, 0.25) is 0 Å². The number of imidazole rings is 1. The van der Waals surface area contributed by atoms with Crippen LogP contribution in [0.5, 0.6) is 0 Å². The second kappa shape index (κ2) is 6.80. The fourth-order valence-electron chi connectivity index (χ4n) is 1.63. The van der Waals surface area contributed by atoms with Crippen LogP contribution in [0, 0.1) is 6.92 Å². The Bertz CT molecular complexity index is 404. The van der Waals surface area contributed by atoms with Crippen LogP contribution in [0.4, 0.5) is 0 Å². The highest BCUT2D eigenvalue weighted by Crippen LogP contribution is 2.23. The summed E-state index contributed by atoms with van der Waals surface area (Å²) in [5.74, 6) is -0.759. The molecule has 0 aliphatic carbocycles. The molecule has 1 heterocycles. The van der Waals surface area contributed by atoms with Gasteiger partial charge in [-0.2, -0.15) is 0 Å². The van der Waals surface area contributed by atoms with Crippen LogP contribution in [-0.2, 0) is 4.79 Å². The molecule has 1 rings (SSSR count). The van der Waals surface area contributed by atoms with Gasteiger partial charge in [0.15, 0.2) is 5.16 Å². The number of carbonyl (C=O) groups is 1. The maximum Gasteiger partial charge on any atom is 0.313 e. The Morgan fingerprint density at radius 1 is 1.61 bits per heavy atom. The van der Waals surface area contributed by atoms with E-state index in [0.29, 0.717) is 6.04 Å². The standard InChI is InChI=1S/C12H21N3O2S/c1-9-7-15(10(2)5-6-14(3)4)12(13-9)18-8-11(16)17/h7,10H,5-6,8H2,1-4H3,(H,16,17). The summed E-state index contributed by atoms with van der Waals surface area (Å²) in [4.78, 5) is 17.1. The summed E-state index contributed by atoms with van der Waals surface area (Å²) in [6.07, 6.45) is 3.01. The van der Waals surface area contributed by atoms with E-state index in [1.165, 1.54) is 11.8 Å². The van der Waals surface area contributed by atoms with Gasteiger partial charge in [0.05, 0.1) is 11.4 Å². The third-order valence-corrected chi connectivity index (χ3v) is 3.56. The molecule has 102 valence electrons. The van der Waals surface area contributed by atoms with Crippen molar-refractivity contribution in [1.29, 1.82) is 0 Å². The molecule has 0 aliphatic rings. The molecule has 0 aromatic carbocycles. The maximum absolute atomic E-state index is 10.6. The maximum atomic E-state index is 10.6. The molecule has 0 radical (unpaired) electrons. The molecule has 0 amide bonds. The fourth-order valence-corrected chi connectivity index (χ4v) is 2.47. The van der Waals surface area contributed by atoms with Gasteiger partial charge in [0.1, 0.15) is 0 Å². The summed E-state index contributed by atoms with van der Waals surface area (Å²) in [7, 11) is 4.10. The second-order valence-corrected chi connectivity index (χ2v) is 5.64. The van der Waals surface area contributed by atoms with Crippen molar-refractivity contribution in [2.24, 2.45) is 0 Å². The van der Waals surface area contributed by atoms with E-state index in [1.54, 1.807) is 0 Å². The normalized spacial score (nSPS) is 12.9. The monoisotopic (exact) mass is 271 g/mol. The van der Waals surface area contributed by atoms with Crippen LogP contribution in [0.15, 0.2) is 11.4 Å². The first kappa shape index (κ1) is 15.0. The Morgan fingerprint density at radius 3 is 2.83 bits per heavy atom. The van der Waals surface area contributed by atoms with Crippen LogP contribution in [0.25, 0.3) is 0 Å². The van der Waals surface area contributed by atoms with E-state index in [0.717, 1.165) is 23.8 Å². The van der Waals surface area contributed by atoms with Crippen LogP contribution >= 0.6 is 11.8 Å². The number of rotatable bonds is 7. The number of nitrogens with zero attached hydrogens (tertiary/aromatic N) is 3. The first-order chi connectivity index (χ1) is 8.40. The van der Waals surface area contributed by atoms with Gasteiger partial charge < -0.3 is 14.6 Å². The van der Waals surface area contributed by atoms with Crippen molar-refractivity contribution in [3.63, 3.8) is 0 Å². The lowest BCUT2D eigenvalue weighted by Crippen LogP contribution is -2.17.